The summed E-state index contributed by atoms with van der Waals surface area (Å²) in [6.07, 6.45) is 3.90. The molecule has 1 aliphatic rings. The SMILES string of the molecule is Cl.NC[C@@H]1CN(Cc2cnn(-c3ccc(F)cc3)c2)C[C@H]1c1ccccc1. The van der Waals surface area contributed by atoms with Gasteiger partial charge in [0.1, 0.15) is 5.82 Å². The highest BCUT2D eigenvalue weighted by Crippen LogP contribution is 2.32. The van der Waals surface area contributed by atoms with Gasteiger partial charge in [-0.05, 0) is 42.3 Å². The maximum Gasteiger partial charge on any atom is 0.123 e. The second-order valence-corrected chi connectivity index (χ2v) is 6.98. The van der Waals surface area contributed by atoms with Crippen molar-refractivity contribution < 1.29 is 4.39 Å². The predicted molar refractivity (Wildman–Crippen MR) is 108 cm³/mol. The first kappa shape index (κ1) is 19.5. The van der Waals surface area contributed by atoms with Gasteiger partial charge in [-0.15, -0.1) is 12.4 Å². The number of aromatic nitrogens is 2. The minimum Gasteiger partial charge on any atom is -0.330 e. The lowest BCUT2D eigenvalue weighted by Gasteiger charge is -2.16. The average Bonchev–Trinajstić information content (AvgIpc) is 3.30. The number of benzene rings is 2. The molecule has 0 radical (unpaired) electrons. The summed E-state index contributed by atoms with van der Waals surface area (Å²) in [6, 6.07) is 17.0. The van der Waals surface area contributed by atoms with Gasteiger partial charge in [-0.25, -0.2) is 9.07 Å². The third-order valence-corrected chi connectivity index (χ3v) is 5.18. The van der Waals surface area contributed by atoms with E-state index in [1.54, 1.807) is 16.8 Å². The number of nitrogens with zero attached hydrogens (tertiary/aromatic N) is 3. The molecule has 4 nitrogen and oxygen atoms in total. The van der Waals surface area contributed by atoms with Gasteiger partial charge in [0.05, 0.1) is 11.9 Å². The normalized spacial score (nSPS) is 19.8. The summed E-state index contributed by atoms with van der Waals surface area (Å²) >= 11 is 0. The van der Waals surface area contributed by atoms with Crippen LogP contribution in [0, 0.1) is 11.7 Å². The average molecular weight is 387 g/mol. The third-order valence-electron chi connectivity index (χ3n) is 5.18. The molecule has 0 aliphatic carbocycles. The molecule has 0 saturated carbocycles. The number of likely N-dealkylation sites (tertiary alicyclic amines) is 1. The molecule has 27 heavy (non-hydrogen) atoms. The number of hydrogen-bond donors (Lipinski definition) is 1. The van der Waals surface area contributed by atoms with E-state index in [2.05, 4.69) is 40.3 Å². The molecular formula is C21H24ClFN4. The summed E-state index contributed by atoms with van der Waals surface area (Å²) in [5.41, 5.74) is 9.42. The Morgan fingerprint density at radius 1 is 1.04 bits per heavy atom. The summed E-state index contributed by atoms with van der Waals surface area (Å²) in [4.78, 5) is 2.45. The maximum atomic E-state index is 13.1. The van der Waals surface area contributed by atoms with Crippen LogP contribution in [-0.2, 0) is 6.54 Å². The smallest absolute Gasteiger partial charge is 0.123 e. The second kappa shape index (κ2) is 8.65. The number of rotatable bonds is 5. The molecule has 1 saturated heterocycles. The molecule has 0 spiro atoms. The topological polar surface area (TPSA) is 47.1 Å². The Morgan fingerprint density at radius 2 is 1.78 bits per heavy atom. The largest absolute Gasteiger partial charge is 0.330 e. The third kappa shape index (κ3) is 4.38. The van der Waals surface area contributed by atoms with Crippen molar-refractivity contribution in [3.63, 3.8) is 0 Å². The van der Waals surface area contributed by atoms with Gasteiger partial charge in [0.25, 0.3) is 0 Å². The highest BCUT2D eigenvalue weighted by molar-refractivity contribution is 5.85. The van der Waals surface area contributed by atoms with E-state index in [1.807, 2.05) is 12.4 Å². The lowest BCUT2D eigenvalue weighted by Crippen LogP contribution is -2.23. The van der Waals surface area contributed by atoms with Crippen molar-refractivity contribution in [2.45, 2.75) is 12.5 Å². The van der Waals surface area contributed by atoms with Crippen LogP contribution in [0.25, 0.3) is 5.69 Å². The van der Waals surface area contributed by atoms with E-state index in [0.29, 0.717) is 18.4 Å². The molecule has 2 aromatic carbocycles. The Labute approximate surface area is 165 Å². The van der Waals surface area contributed by atoms with Gasteiger partial charge in [-0.1, -0.05) is 30.3 Å². The minimum absolute atomic E-state index is 0. The van der Waals surface area contributed by atoms with E-state index >= 15 is 0 Å². The minimum atomic E-state index is -0.238. The zero-order chi connectivity index (χ0) is 17.9. The van der Waals surface area contributed by atoms with Gasteiger partial charge in [0, 0.05) is 37.3 Å². The van der Waals surface area contributed by atoms with Crippen molar-refractivity contribution in [1.29, 1.82) is 0 Å². The number of hydrogen-bond acceptors (Lipinski definition) is 3. The molecule has 2 N–H and O–H groups in total. The van der Waals surface area contributed by atoms with Gasteiger partial charge in [-0.3, -0.25) is 4.90 Å². The highest BCUT2D eigenvalue weighted by atomic mass is 35.5. The van der Waals surface area contributed by atoms with Crippen LogP contribution in [-0.4, -0.2) is 34.3 Å². The van der Waals surface area contributed by atoms with Crippen molar-refractivity contribution in [2.75, 3.05) is 19.6 Å². The lowest BCUT2D eigenvalue weighted by atomic mass is 9.89. The molecule has 1 aromatic heterocycles. The summed E-state index contributed by atoms with van der Waals surface area (Å²) in [7, 11) is 0. The van der Waals surface area contributed by atoms with E-state index in [1.165, 1.54) is 17.7 Å². The van der Waals surface area contributed by atoms with Crippen molar-refractivity contribution in [1.82, 2.24) is 14.7 Å². The Kier molecular flexibility index (Phi) is 6.26. The molecular weight excluding hydrogens is 363 g/mol. The van der Waals surface area contributed by atoms with Crippen LogP contribution in [0.4, 0.5) is 4.39 Å². The van der Waals surface area contributed by atoms with Gasteiger partial charge in [-0.2, -0.15) is 5.10 Å². The molecule has 142 valence electrons. The fourth-order valence-corrected chi connectivity index (χ4v) is 3.84. The first-order chi connectivity index (χ1) is 12.7. The molecule has 0 bridgehead atoms. The van der Waals surface area contributed by atoms with E-state index in [-0.39, 0.29) is 18.2 Å². The molecule has 0 unspecified atom stereocenters. The zero-order valence-corrected chi connectivity index (χ0v) is 15.9. The van der Waals surface area contributed by atoms with Gasteiger partial charge in [0.15, 0.2) is 0 Å². The monoisotopic (exact) mass is 386 g/mol. The van der Waals surface area contributed by atoms with Crippen LogP contribution in [0.5, 0.6) is 0 Å². The summed E-state index contributed by atoms with van der Waals surface area (Å²) in [6.45, 7) is 3.55. The van der Waals surface area contributed by atoms with Crippen molar-refractivity contribution in [3.8, 4) is 5.69 Å². The van der Waals surface area contributed by atoms with E-state index in [9.17, 15) is 4.39 Å². The van der Waals surface area contributed by atoms with Crippen LogP contribution in [0.1, 0.15) is 17.0 Å². The fraction of sp³-hybridized carbons (Fsp3) is 0.286. The standard InChI is InChI=1S/C21H23FN4.ClH/c22-19-6-8-20(9-7-19)26-13-16(11-24-26)12-25-14-18(10-23)21(15-25)17-4-2-1-3-5-17;/h1-9,11,13,18,21H,10,12,14-15,23H2;1H/t18-,21+;/m1./s1. The first-order valence-electron chi connectivity index (χ1n) is 9.00. The van der Waals surface area contributed by atoms with Crippen molar-refractivity contribution in [3.05, 3.63) is 83.9 Å². The van der Waals surface area contributed by atoms with Crippen LogP contribution < -0.4 is 5.73 Å². The number of nitrogens with two attached hydrogens (primary N) is 1. The van der Waals surface area contributed by atoms with Gasteiger partial charge >= 0.3 is 0 Å². The first-order valence-corrected chi connectivity index (χ1v) is 9.00. The Morgan fingerprint density at radius 3 is 2.48 bits per heavy atom. The van der Waals surface area contributed by atoms with Crippen molar-refractivity contribution >= 4 is 12.4 Å². The van der Waals surface area contributed by atoms with E-state index in [0.717, 1.165) is 30.9 Å². The summed E-state index contributed by atoms with van der Waals surface area (Å²) in [5.74, 6) is 0.718. The molecule has 1 aliphatic heterocycles. The molecule has 1 fully saturated rings. The molecule has 6 heteroatoms. The Hall–Kier alpha value is -2.21. The van der Waals surface area contributed by atoms with Gasteiger partial charge in [0.2, 0.25) is 0 Å². The highest BCUT2D eigenvalue weighted by Gasteiger charge is 2.32. The molecule has 4 rings (SSSR count). The van der Waals surface area contributed by atoms with Crippen LogP contribution >= 0.6 is 12.4 Å². The Balaban J connectivity index is 0.00000210. The van der Waals surface area contributed by atoms with Crippen LogP contribution in [0.15, 0.2) is 67.0 Å². The van der Waals surface area contributed by atoms with Gasteiger partial charge < -0.3 is 5.73 Å². The second-order valence-electron chi connectivity index (χ2n) is 6.98. The quantitative estimate of drug-likeness (QED) is 0.728. The van der Waals surface area contributed by atoms with E-state index in [4.69, 9.17) is 5.73 Å². The predicted octanol–water partition coefficient (Wildman–Crippen LogP) is 3.61. The molecule has 2 heterocycles. The summed E-state index contributed by atoms with van der Waals surface area (Å²) in [5, 5.41) is 4.42. The summed E-state index contributed by atoms with van der Waals surface area (Å²) < 4.78 is 14.9. The fourth-order valence-electron chi connectivity index (χ4n) is 3.84. The van der Waals surface area contributed by atoms with Crippen molar-refractivity contribution in [2.24, 2.45) is 11.7 Å². The molecule has 3 aromatic rings. The lowest BCUT2D eigenvalue weighted by molar-refractivity contribution is 0.317. The van der Waals surface area contributed by atoms with Crippen LogP contribution in [0.3, 0.4) is 0 Å². The molecule has 0 amide bonds. The number of halogens is 2. The Bertz CT molecular complexity index is 850. The molecule has 2 atom stereocenters. The van der Waals surface area contributed by atoms with E-state index < -0.39 is 0 Å². The maximum absolute atomic E-state index is 13.1. The zero-order valence-electron chi connectivity index (χ0n) is 15.0. The van der Waals surface area contributed by atoms with Crippen LogP contribution in [0.2, 0.25) is 0 Å².